The minimum atomic E-state index is -0.771. The summed E-state index contributed by atoms with van der Waals surface area (Å²) in [6.07, 6.45) is 3.92. The number of aromatic nitrogens is 2. The van der Waals surface area contributed by atoms with Crippen LogP contribution in [0.5, 0.6) is 0 Å². The van der Waals surface area contributed by atoms with Crippen molar-refractivity contribution >= 4 is 0 Å². The van der Waals surface area contributed by atoms with E-state index in [1.165, 1.54) is 0 Å². The number of rotatable bonds is 4. The van der Waals surface area contributed by atoms with Crippen LogP contribution >= 0.6 is 0 Å². The van der Waals surface area contributed by atoms with Crippen molar-refractivity contribution in [3.05, 3.63) is 18.0 Å². The van der Waals surface area contributed by atoms with Gasteiger partial charge in [0, 0.05) is 23.8 Å². The highest BCUT2D eigenvalue weighted by Gasteiger charge is 2.34. The maximum absolute atomic E-state index is 10.1. The summed E-state index contributed by atoms with van der Waals surface area (Å²) in [5.74, 6) is 0. The molecule has 4 heteroatoms. The van der Waals surface area contributed by atoms with Gasteiger partial charge in [-0.25, -0.2) is 0 Å². The lowest BCUT2D eigenvalue weighted by molar-refractivity contribution is -0.00532. The van der Waals surface area contributed by atoms with Crippen LogP contribution in [0.1, 0.15) is 54.0 Å². The summed E-state index contributed by atoms with van der Waals surface area (Å²) in [5, 5.41) is 17.8. The molecule has 4 nitrogen and oxygen atoms in total. The molecule has 0 bridgehead atoms. The van der Waals surface area contributed by atoms with Crippen molar-refractivity contribution in [3.63, 3.8) is 0 Å². The summed E-state index contributed by atoms with van der Waals surface area (Å²) >= 11 is 0. The van der Waals surface area contributed by atoms with Gasteiger partial charge in [0.15, 0.2) is 0 Å². The third-order valence-electron chi connectivity index (χ3n) is 3.59. The smallest absolute Gasteiger partial charge is 0.0767 e. The van der Waals surface area contributed by atoms with Gasteiger partial charge >= 0.3 is 0 Å². The second kappa shape index (κ2) is 4.67. The molecule has 0 fully saturated rings. The Morgan fingerprint density at radius 1 is 1.17 bits per heavy atom. The van der Waals surface area contributed by atoms with E-state index in [0.717, 1.165) is 5.56 Å². The highest BCUT2D eigenvalue weighted by molar-refractivity contribution is 5.07. The molecular weight excluding hydrogens is 226 g/mol. The molecule has 0 aliphatic heterocycles. The summed E-state index contributed by atoms with van der Waals surface area (Å²) in [4.78, 5) is 0. The third-order valence-corrected chi connectivity index (χ3v) is 3.59. The van der Waals surface area contributed by atoms with Crippen LogP contribution in [0.4, 0.5) is 0 Å². The summed E-state index contributed by atoms with van der Waals surface area (Å²) in [6, 6.07) is 0. The van der Waals surface area contributed by atoms with Gasteiger partial charge in [-0.1, -0.05) is 0 Å². The Balaban J connectivity index is 2.68. The Morgan fingerprint density at radius 3 is 2.11 bits per heavy atom. The second-order valence-corrected chi connectivity index (χ2v) is 7.00. The molecule has 0 amide bonds. The molecule has 0 saturated heterocycles. The fourth-order valence-corrected chi connectivity index (χ4v) is 1.36. The fraction of sp³-hybridized carbons (Fsp3) is 0.786. The molecule has 0 aliphatic rings. The topological polar surface area (TPSA) is 50.1 Å². The molecule has 0 saturated carbocycles. The predicted octanol–water partition coefficient (Wildman–Crippen LogP) is 2.28. The van der Waals surface area contributed by atoms with Crippen LogP contribution in [0.2, 0.25) is 0 Å². The lowest BCUT2D eigenvalue weighted by Gasteiger charge is -2.38. The molecular formula is C14H27N3O. The average molecular weight is 253 g/mol. The van der Waals surface area contributed by atoms with E-state index in [1.54, 1.807) is 0 Å². The summed E-state index contributed by atoms with van der Waals surface area (Å²) in [7, 11) is 0. The van der Waals surface area contributed by atoms with Crippen molar-refractivity contribution in [2.45, 2.75) is 71.7 Å². The standard InChI is InChI=1S/C14H27N3O/c1-12(2,3)17-10-11(9-16-17)8-15-13(4,5)14(6,7)18/h9-10,15,18H,8H2,1-7H3. The minimum absolute atomic E-state index is 0.00399. The van der Waals surface area contributed by atoms with E-state index in [-0.39, 0.29) is 11.1 Å². The van der Waals surface area contributed by atoms with E-state index in [9.17, 15) is 5.11 Å². The van der Waals surface area contributed by atoms with E-state index < -0.39 is 5.60 Å². The van der Waals surface area contributed by atoms with Gasteiger partial charge in [0.05, 0.1) is 17.3 Å². The highest BCUT2D eigenvalue weighted by atomic mass is 16.3. The van der Waals surface area contributed by atoms with Crippen LogP contribution in [0, 0.1) is 0 Å². The van der Waals surface area contributed by atoms with Gasteiger partial charge in [0.2, 0.25) is 0 Å². The van der Waals surface area contributed by atoms with Crippen LogP contribution in [-0.2, 0) is 12.1 Å². The van der Waals surface area contributed by atoms with Crippen LogP contribution < -0.4 is 5.32 Å². The molecule has 104 valence electrons. The Morgan fingerprint density at radius 2 is 1.72 bits per heavy atom. The number of hydrogen-bond acceptors (Lipinski definition) is 3. The number of nitrogens with zero attached hydrogens (tertiary/aromatic N) is 2. The molecule has 0 radical (unpaired) electrons. The maximum Gasteiger partial charge on any atom is 0.0767 e. The Bertz CT molecular complexity index is 394. The van der Waals surface area contributed by atoms with E-state index in [0.29, 0.717) is 6.54 Å². The second-order valence-electron chi connectivity index (χ2n) is 7.00. The molecule has 2 N–H and O–H groups in total. The molecule has 0 aliphatic carbocycles. The monoisotopic (exact) mass is 253 g/mol. The lowest BCUT2D eigenvalue weighted by atomic mass is 9.86. The quantitative estimate of drug-likeness (QED) is 0.865. The van der Waals surface area contributed by atoms with Gasteiger partial charge in [-0.05, 0) is 48.5 Å². The van der Waals surface area contributed by atoms with E-state index in [2.05, 4.69) is 31.2 Å². The lowest BCUT2D eigenvalue weighted by Crippen LogP contribution is -2.55. The Kier molecular flexibility index (Phi) is 3.94. The zero-order chi connectivity index (χ0) is 14.2. The van der Waals surface area contributed by atoms with E-state index in [1.807, 2.05) is 44.8 Å². The molecule has 1 heterocycles. The minimum Gasteiger partial charge on any atom is -0.389 e. The third kappa shape index (κ3) is 3.56. The SMILES string of the molecule is CC(C)(C)n1cc(CNC(C)(C)C(C)(C)O)cn1. The number of hydrogen-bond donors (Lipinski definition) is 2. The molecule has 1 aromatic heterocycles. The average Bonchev–Trinajstić information content (AvgIpc) is 2.60. The summed E-state index contributed by atoms with van der Waals surface area (Å²) in [6.45, 7) is 14.7. The maximum atomic E-state index is 10.1. The first-order chi connectivity index (χ1) is 7.93. The van der Waals surface area contributed by atoms with E-state index >= 15 is 0 Å². The van der Waals surface area contributed by atoms with Gasteiger partial charge in [-0.3, -0.25) is 4.68 Å². The molecule has 1 aromatic rings. The van der Waals surface area contributed by atoms with Gasteiger partial charge in [0.25, 0.3) is 0 Å². The molecule has 0 unspecified atom stereocenters. The Hall–Kier alpha value is -0.870. The van der Waals surface area contributed by atoms with Crippen molar-refractivity contribution in [1.29, 1.82) is 0 Å². The van der Waals surface area contributed by atoms with Gasteiger partial charge < -0.3 is 10.4 Å². The normalized spacial score (nSPS) is 14.0. The molecule has 0 atom stereocenters. The first-order valence-electron chi connectivity index (χ1n) is 6.45. The van der Waals surface area contributed by atoms with Crippen LogP contribution in [0.25, 0.3) is 0 Å². The van der Waals surface area contributed by atoms with Gasteiger partial charge in [-0.15, -0.1) is 0 Å². The van der Waals surface area contributed by atoms with Crippen LogP contribution in [0.15, 0.2) is 12.4 Å². The molecule has 0 aromatic carbocycles. The molecule has 0 spiro atoms. The van der Waals surface area contributed by atoms with Crippen molar-refractivity contribution in [2.75, 3.05) is 0 Å². The van der Waals surface area contributed by atoms with E-state index in [4.69, 9.17) is 0 Å². The van der Waals surface area contributed by atoms with Gasteiger partial charge in [0.1, 0.15) is 0 Å². The van der Waals surface area contributed by atoms with Gasteiger partial charge in [-0.2, -0.15) is 5.10 Å². The zero-order valence-electron chi connectivity index (χ0n) is 12.7. The van der Waals surface area contributed by atoms with Crippen LogP contribution in [0.3, 0.4) is 0 Å². The molecule has 1 rings (SSSR count). The highest BCUT2D eigenvalue weighted by Crippen LogP contribution is 2.21. The predicted molar refractivity (Wildman–Crippen MR) is 74.4 cm³/mol. The first kappa shape index (κ1) is 15.2. The van der Waals surface area contributed by atoms with Crippen molar-refractivity contribution in [1.82, 2.24) is 15.1 Å². The largest absolute Gasteiger partial charge is 0.389 e. The number of aliphatic hydroxyl groups is 1. The van der Waals surface area contributed by atoms with Crippen LogP contribution in [-0.4, -0.2) is 26.0 Å². The Labute approximate surface area is 110 Å². The first-order valence-corrected chi connectivity index (χ1v) is 6.45. The fourth-order valence-electron chi connectivity index (χ4n) is 1.36. The summed E-state index contributed by atoms with van der Waals surface area (Å²) in [5.41, 5.74) is 0.00989. The summed E-state index contributed by atoms with van der Waals surface area (Å²) < 4.78 is 1.96. The number of nitrogens with one attached hydrogen (secondary N) is 1. The zero-order valence-corrected chi connectivity index (χ0v) is 12.7. The van der Waals surface area contributed by atoms with Crippen molar-refractivity contribution < 1.29 is 5.11 Å². The molecule has 18 heavy (non-hydrogen) atoms. The van der Waals surface area contributed by atoms with Crippen molar-refractivity contribution in [2.24, 2.45) is 0 Å². The van der Waals surface area contributed by atoms with Crippen molar-refractivity contribution in [3.8, 4) is 0 Å².